The number of fused-ring (bicyclic) bond motifs is 1. The minimum absolute atomic E-state index is 0.00547. The first-order valence-electron chi connectivity index (χ1n) is 10.6. The number of hydrogen-bond donors (Lipinski definition) is 1. The van der Waals surface area contributed by atoms with Gasteiger partial charge in [-0.2, -0.15) is 0 Å². The van der Waals surface area contributed by atoms with E-state index in [0.717, 1.165) is 11.5 Å². The zero-order valence-electron chi connectivity index (χ0n) is 20.8. The van der Waals surface area contributed by atoms with Crippen molar-refractivity contribution in [1.82, 2.24) is 5.32 Å². The first-order valence-corrected chi connectivity index (χ1v) is 10.6. The van der Waals surface area contributed by atoms with Crippen molar-refractivity contribution < 1.29 is 9.47 Å². The van der Waals surface area contributed by atoms with Crippen molar-refractivity contribution in [2.45, 2.75) is 33.6 Å². The highest BCUT2D eigenvalue weighted by molar-refractivity contribution is 6.61. The van der Waals surface area contributed by atoms with E-state index in [1.54, 1.807) is 0 Å². The van der Waals surface area contributed by atoms with E-state index >= 15 is 0 Å². The van der Waals surface area contributed by atoms with Crippen LogP contribution >= 0.6 is 0 Å². The van der Waals surface area contributed by atoms with Gasteiger partial charge in [0.05, 0.1) is 0 Å². The van der Waals surface area contributed by atoms with Gasteiger partial charge in [-0.15, -0.1) is 0 Å². The van der Waals surface area contributed by atoms with Crippen LogP contribution in [0.15, 0.2) is 0 Å². The molecule has 1 aromatic rings. The summed E-state index contributed by atoms with van der Waals surface area (Å²) < 4.78 is 12.4. The fourth-order valence-corrected chi connectivity index (χ4v) is 5.07. The molecule has 0 aromatic heterocycles. The average molecular weight is 361 g/mol. The molecule has 134 valence electrons. The average Bonchev–Trinajstić information content (AvgIpc) is 2.78. The molecule has 0 spiro atoms. The molecule has 1 aliphatic rings. The highest BCUT2D eigenvalue weighted by Gasteiger charge is 2.51. The third kappa shape index (κ3) is 3.84. The lowest BCUT2D eigenvalue weighted by Crippen LogP contribution is -2.75. The Morgan fingerprint density at radius 1 is 0.750 bits per heavy atom. The molecule has 0 amide bonds. The van der Waals surface area contributed by atoms with Crippen LogP contribution in [0.2, 0.25) is 5.21 Å². The Balaban J connectivity index is 2.80. The summed E-state index contributed by atoms with van der Waals surface area (Å²) >= 11 is 0. The molecule has 0 aliphatic carbocycles. The van der Waals surface area contributed by atoms with Crippen LogP contribution in [0.25, 0.3) is 0 Å². The van der Waals surface area contributed by atoms with E-state index < -0.39 is 5.59 Å². The van der Waals surface area contributed by atoms with Gasteiger partial charge in [0.2, 0.25) is 0 Å². The molecule has 1 aromatic carbocycles. The summed E-state index contributed by atoms with van der Waals surface area (Å²) in [4.78, 5) is 0. The van der Waals surface area contributed by atoms with Gasteiger partial charge in [0.25, 0.3) is 0 Å². The molecule has 0 fully saturated rings. The van der Waals surface area contributed by atoms with Crippen molar-refractivity contribution >= 4 is 118 Å². The van der Waals surface area contributed by atoms with Crippen molar-refractivity contribution in [3.05, 3.63) is 5.56 Å². The lowest BCUT2D eigenvalue weighted by atomic mass is 9.24. The fraction of sp³-hybridized carbons (Fsp3) is 0.500. The first kappa shape index (κ1) is 23.9. The van der Waals surface area contributed by atoms with E-state index in [9.17, 15) is 0 Å². The molecular weight excluding hydrogens is 331 g/mol. The maximum atomic E-state index is 6.25. The Morgan fingerprint density at radius 2 is 1.18 bits per heavy atom. The predicted octanol–water partition coefficient (Wildman–Crippen LogP) is -13.6. The van der Waals surface area contributed by atoms with Crippen LogP contribution in [0.5, 0.6) is 11.5 Å². The van der Waals surface area contributed by atoms with E-state index in [2.05, 4.69) is 98.5 Å². The summed E-state index contributed by atoms with van der Waals surface area (Å²) in [6.45, 7) is 2.33. The van der Waals surface area contributed by atoms with Gasteiger partial charge >= 0.3 is 0 Å². The Hall–Kier alpha value is -0.376. The normalized spacial score (nSPS) is 18.5. The van der Waals surface area contributed by atoms with E-state index in [-0.39, 0.29) is 21.1 Å². The third-order valence-electron chi connectivity index (χ3n) is 6.90. The van der Waals surface area contributed by atoms with Crippen LogP contribution in [-0.2, 0) is 5.21 Å². The van der Waals surface area contributed by atoms with Crippen LogP contribution < -0.4 is 31.2 Å². The zero-order valence-corrected chi connectivity index (χ0v) is 20.8. The Morgan fingerprint density at radius 3 is 1.57 bits per heavy atom. The van der Waals surface area contributed by atoms with Crippen LogP contribution in [0.3, 0.4) is 0 Å². The van der Waals surface area contributed by atoms with E-state index in [0.29, 0.717) is 0 Å². The molecule has 2 rings (SSSR count). The molecule has 3 nitrogen and oxygen atoms in total. The van der Waals surface area contributed by atoms with Gasteiger partial charge in [0.15, 0.2) is 32.8 Å². The largest absolute Gasteiger partial charge is 0.467 e. The van der Waals surface area contributed by atoms with Gasteiger partial charge in [-0.3, -0.25) is 0 Å². The second-order valence-corrected chi connectivity index (χ2v) is 11.9. The van der Waals surface area contributed by atoms with Crippen LogP contribution in [-0.4, -0.2) is 118 Å². The molecular formula is C12H30B13NO2. The predicted molar refractivity (Wildman–Crippen MR) is 159 cm³/mol. The van der Waals surface area contributed by atoms with Crippen molar-refractivity contribution in [2.24, 2.45) is 0 Å². The second kappa shape index (κ2) is 6.82. The lowest BCUT2D eigenvalue weighted by Gasteiger charge is -2.59. The number of rotatable bonds is 5. The minimum atomic E-state index is -0.621. The van der Waals surface area contributed by atoms with Gasteiger partial charge in [-0.05, 0) is 16.4 Å². The van der Waals surface area contributed by atoms with E-state index in [1.807, 2.05) is 15.7 Å². The maximum absolute atomic E-state index is 6.25. The van der Waals surface area contributed by atoms with Crippen LogP contribution in [0.1, 0.15) is 12.5 Å². The Kier molecular flexibility index (Phi) is 5.82. The van der Waals surface area contributed by atoms with Gasteiger partial charge in [0, 0.05) is 0 Å². The van der Waals surface area contributed by atoms with Crippen molar-refractivity contribution in [3.8, 4) is 11.5 Å². The van der Waals surface area contributed by atoms with E-state index in [1.165, 1.54) is 22.0 Å². The van der Waals surface area contributed by atoms with Crippen molar-refractivity contribution in [2.75, 3.05) is 0 Å². The van der Waals surface area contributed by atoms with Crippen molar-refractivity contribution in [3.63, 3.8) is 0 Å². The summed E-state index contributed by atoms with van der Waals surface area (Å²) in [7, 11) is 29.1. The monoisotopic (exact) mass is 363 g/mol. The molecule has 1 atom stereocenters. The van der Waals surface area contributed by atoms with Gasteiger partial charge in [-0.1, -0.05) is 33.6 Å². The first-order chi connectivity index (χ1) is 12.3. The molecule has 1 heterocycles. The summed E-state index contributed by atoms with van der Waals surface area (Å²) in [5.41, 5.74) is 4.25. The SMILES string of the molecule is Bc1c(B)c(C(B)(B)C(B)(NC(B)(B)B)C(B)(B)C)c(B)c2c1OC(B)(B)O2. The molecule has 0 saturated heterocycles. The number of benzene rings is 1. The Labute approximate surface area is 183 Å². The molecule has 0 saturated carbocycles. The third-order valence-corrected chi connectivity index (χ3v) is 6.90. The number of hydrogen-bond acceptors (Lipinski definition) is 3. The smallest absolute Gasteiger partial charge is 0.197 e. The standard InChI is InChI=1S/C12H30B13NO2/c1-8(16,17)10(20,26-11(21,22)23)9(18,19)2-3(13)5(15)7-6(4(2)14)27-12(24,25)28-7/h26H,13-25H2,1H3. The molecule has 0 bridgehead atoms. The second-order valence-electron chi connectivity index (χ2n) is 11.9. The van der Waals surface area contributed by atoms with Crippen LogP contribution in [0.4, 0.5) is 0 Å². The molecule has 1 aliphatic heterocycles. The Bertz CT molecular complexity index is 800. The van der Waals surface area contributed by atoms with Crippen molar-refractivity contribution in [1.29, 1.82) is 0 Å². The van der Waals surface area contributed by atoms with E-state index in [4.69, 9.17) is 9.47 Å². The summed E-state index contributed by atoms with van der Waals surface area (Å²) in [6.07, 6.45) is 0. The number of nitrogens with one attached hydrogen (secondary N) is 1. The number of ether oxygens (including phenoxy) is 2. The molecule has 1 N–H and O–H groups in total. The summed E-state index contributed by atoms with van der Waals surface area (Å²) in [6, 6.07) is 0. The minimum Gasteiger partial charge on any atom is -0.467 e. The fourth-order valence-electron chi connectivity index (χ4n) is 5.07. The highest BCUT2D eigenvalue weighted by atomic mass is 16.7. The summed E-state index contributed by atoms with van der Waals surface area (Å²) in [5, 5.41) is 3.88. The highest BCUT2D eigenvalue weighted by Crippen LogP contribution is 2.43. The topological polar surface area (TPSA) is 30.5 Å². The maximum Gasteiger partial charge on any atom is 0.197 e. The lowest BCUT2D eigenvalue weighted by molar-refractivity contribution is 0.0844. The van der Waals surface area contributed by atoms with Gasteiger partial charge in [0.1, 0.15) is 86.3 Å². The molecule has 16 heteroatoms. The zero-order chi connectivity index (χ0) is 22.1. The molecule has 1 unspecified atom stereocenters. The van der Waals surface area contributed by atoms with Crippen LogP contribution in [0, 0.1) is 0 Å². The van der Waals surface area contributed by atoms with Gasteiger partial charge in [-0.25, -0.2) is 0 Å². The quantitative estimate of drug-likeness (QED) is 0.529. The molecule has 28 heavy (non-hydrogen) atoms. The molecule has 0 radical (unpaired) electrons. The van der Waals surface area contributed by atoms with Gasteiger partial charge < -0.3 is 14.8 Å². The summed E-state index contributed by atoms with van der Waals surface area (Å²) in [5.74, 6) is 1.81.